The molecule has 1 heterocycles. The molecule has 0 aromatic carbocycles. The van der Waals surface area contributed by atoms with Crippen molar-refractivity contribution in [3.05, 3.63) is 21.9 Å². The number of aliphatic hydroxyl groups excluding tert-OH is 2. The minimum absolute atomic E-state index is 0.273. The van der Waals surface area contributed by atoms with Gasteiger partial charge in [0.05, 0.1) is 12.7 Å². The molecule has 0 amide bonds. The van der Waals surface area contributed by atoms with Gasteiger partial charge in [-0.1, -0.05) is 0 Å². The Labute approximate surface area is 96.5 Å². The van der Waals surface area contributed by atoms with E-state index >= 15 is 0 Å². The van der Waals surface area contributed by atoms with Gasteiger partial charge in [0.1, 0.15) is 11.0 Å². The fourth-order valence-corrected chi connectivity index (χ4v) is 1.97. The lowest BCUT2D eigenvalue weighted by Crippen LogP contribution is -2.14. The zero-order valence-corrected chi connectivity index (χ0v) is 9.40. The summed E-state index contributed by atoms with van der Waals surface area (Å²) in [6.07, 6.45) is -2.79. The van der Waals surface area contributed by atoms with E-state index in [4.69, 9.17) is 15.1 Å². The van der Waals surface area contributed by atoms with E-state index in [9.17, 15) is 9.90 Å². The van der Waals surface area contributed by atoms with Gasteiger partial charge >= 0.3 is 5.97 Å². The van der Waals surface area contributed by atoms with Gasteiger partial charge in [0, 0.05) is 4.88 Å². The molecule has 16 heavy (non-hydrogen) atoms. The predicted octanol–water partition coefficient (Wildman–Crippen LogP) is 0.843. The standard InChI is InChI=1S/C10H11NO4S/c1-2-15-10(14)8-4-3-7(16-8)9(13)6(12)5-11/h3-4,6,9,12-13H,2H2,1H3. The first kappa shape index (κ1) is 12.6. The van der Waals surface area contributed by atoms with Crippen LogP contribution in [0.2, 0.25) is 0 Å². The third kappa shape index (κ3) is 2.79. The largest absolute Gasteiger partial charge is 0.462 e. The van der Waals surface area contributed by atoms with Crippen LogP contribution >= 0.6 is 11.3 Å². The van der Waals surface area contributed by atoms with Crippen molar-refractivity contribution in [1.82, 2.24) is 0 Å². The quantitative estimate of drug-likeness (QED) is 0.602. The number of carbonyl (C=O) groups excluding carboxylic acids is 1. The van der Waals surface area contributed by atoms with Crippen molar-refractivity contribution in [2.45, 2.75) is 19.1 Å². The van der Waals surface area contributed by atoms with Crippen LogP contribution in [-0.4, -0.2) is 28.9 Å². The van der Waals surface area contributed by atoms with Crippen molar-refractivity contribution < 1.29 is 19.7 Å². The molecule has 1 aromatic rings. The van der Waals surface area contributed by atoms with E-state index in [1.165, 1.54) is 18.2 Å². The van der Waals surface area contributed by atoms with E-state index in [1.807, 2.05) is 0 Å². The molecule has 5 nitrogen and oxygen atoms in total. The highest BCUT2D eigenvalue weighted by atomic mass is 32.1. The fraction of sp³-hybridized carbons (Fsp3) is 0.400. The summed E-state index contributed by atoms with van der Waals surface area (Å²) in [7, 11) is 0. The third-order valence-electron chi connectivity index (χ3n) is 1.83. The third-order valence-corrected chi connectivity index (χ3v) is 2.96. The van der Waals surface area contributed by atoms with Crippen LogP contribution in [0.15, 0.2) is 12.1 Å². The van der Waals surface area contributed by atoms with E-state index in [0.29, 0.717) is 9.75 Å². The minimum atomic E-state index is -1.49. The number of ether oxygens (including phenoxy) is 1. The Kier molecular flexibility index (Phi) is 4.43. The van der Waals surface area contributed by atoms with E-state index in [0.717, 1.165) is 11.3 Å². The van der Waals surface area contributed by atoms with E-state index in [-0.39, 0.29) is 6.61 Å². The smallest absolute Gasteiger partial charge is 0.348 e. The highest BCUT2D eigenvalue weighted by Gasteiger charge is 2.21. The summed E-state index contributed by atoms with van der Waals surface area (Å²) in [5.74, 6) is -0.475. The van der Waals surface area contributed by atoms with Gasteiger partial charge in [-0.25, -0.2) is 4.79 Å². The Balaban J connectivity index is 2.79. The lowest BCUT2D eigenvalue weighted by atomic mass is 10.2. The molecule has 2 unspecified atom stereocenters. The molecular formula is C10H11NO4S. The van der Waals surface area contributed by atoms with Gasteiger partial charge in [0.15, 0.2) is 6.10 Å². The monoisotopic (exact) mass is 241 g/mol. The van der Waals surface area contributed by atoms with Gasteiger partial charge in [-0.05, 0) is 19.1 Å². The van der Waals surface area contributed by atoms with Crippen LogP contribution in [-0.2, 0) is 4.74 Å². The van der Waals surface area contributed by atoms with Crippen LogP contribution in [0.25, 0.3) is 0 Å². The Bertz CT molecular complexity index is 409. The van der Waals surface area contributed by atoms with E-state index in [1.54, 1.807) is 6.92 Å². The van der Waals surface area contributed by atoms with E-state index < -0.39 is 18.2 Å². The molecule has 6 heteroatoms. The lowest BCUT2D eigenvalue weighted by molar-refractivity contribution is 0.0531. The predicted molar refractivity (Wildman–Crippen MR) is 56.9 cm³/mol. The van der Waals surface area contributed by atoms with Gasteiger partial charge in [-0.2, -0.15) is 5.26 Å². The SMILES string of the molecule is CCOC(=O)c1ccc(C(O)C(O)C#N)s1. The second-order valence-electron chi connectivity index (χ2n) is 2.94. The van der Waals surface area contributed by atoms with Crippen molar-refractivity contribution in [3.8, 4) is 6.07 Å². The van der Waals surface area contributed by atoms with Crippen molar-refractivity contribution in [3.63, 3.8) is 0 Å². The second kappa shape index (κ2) is 5.61. The maximum absolute atomic E-state index is 11.3. The summed E-state index contributed by atoms with van der Waals surface area (Å²) in [5, 5.41) is 27.0. The molecule has 1 aromatic heterocycles. The number of hydrogen-bond donors (Lipinski definition) is 2. The number of thiophene rings is 1. The molecule has 0 saturated carbocycles. The summed E-state index contributed by atoms with van der Waals surface area (Å²) in [4.78, 5) is 12.0. The van der Waals surface area contributed by atoms with Crippen molar-refractivity contribution >= 4 is 17.3 Å². The van der Waals surface area contributed by atoms with Crippen molar-refractivity contribution in [2.24, 2.45) is 0 Å². The van der Waals surface area contributed by atoms with Crippen LogP contribution in [0.3, 0.4) is 0 Å². The molecular weight excluding hydrogens is 230 g/mol. The maximum atomic E-state index is 11.3. The summed E-state index contributed by atoms with van der Waals surface area (Å²) in [6.45, 7) is 1.97. The van der Waals surface area contributed by atoms with Crippen LogP contribution in [0.1, 0.15) is 27.6 Å². The van der Waals surface area contributed by atoms with Crippen LogP contribution in [0, 0.1) is 11.3 Å². The van der Waals surface area contributed by atoms with Crippen LogP contribution < -0.4 is 0 Å². The molecule has 0 aliphatic rings. The van der Waals surface area contributed by atoms with Crippen molar-refractivity contribution in [1.29, 1.82) is 5.26 Å². The molecule has 0 radical (unpaired) electrons. The first-order chi connectivity index (χ1) is 7.60. The fourth-order valence-electron chi connectivity index (χ4n) is 1.05. The Morgan fingerprint density at radius 3 is 2.88 bits per heavy atom. The summed E-state index contributed by atoms with van der Waals surface area (Å²) in [6, 6.07) is 4.50. The zero-order chi connectivity index (χ0) is 12.1. The van der Waals surface area contributed by atoms with Crippen molar-refractivity contribution in [2.75, 3.05) is 6.61 Å². The lowest BCUT2D eigenvalue weighted by Gasteiger charge is -2.08. The Morgan fingerprint density at radius 2 is 2.31 bits per heavy atom. The average Bonchev–Trinajstić information content (AvgIpc) is 2.76. The number of nitrogens with zero attached hydrogens (tertiary/aromatic N) is 1. The molecule has 0 aliphatic carbocycles. The Hall–Kier alpha value is -1.42. The molecule has 2 atom stereocenters. The number of hydrogen-bond acceptors (Lipinski definition) is 6. The molecule has 1 rings (SSSR count). The summed E-state index contributed by atoms with van der Waals surface area (Å²) < 4.78 is 4.77. The van der Waals surface area contributed by atoms with Gasteiger partial charge in [0.2, 0.25) is 0 Å². The first-order valence-corrected chi connectivity index (χ1v) is 5.44. The highest BCUT2D eigenvalue weighted by Crippen LogP contribution is 2.25. The zero-order valence-electron chi connectivity index (χ0n) is 8.58. The van der Waals surface area contributed by atoms with E-state index in [2.05, 4.69) is 0 Å². The van der Waals surface area contributed by atoms with Gasteiger partial charge < -0.3 is 14.9 Å². The van der Waals surface area contributed by atoms with Gasteiger partial charge in [-0.3, -0.25) is 0 Å². The number of rotatable bonds is 4. The molecule has 0 aliphatic heterocycles. The highest BCUT2D eigenvalue weighted by molar-refractivity contribution is 7.14. The maximum Gasteiger partial charge on any atom is 0.348 e. The van der Waals surface area contributed by atoms with Gasteiger partial charge in [-0.15, -0.1) is 11.3 Å². The molecule has 0 bridgehead atoms. The number of carbonyl (C=O) groups is 1. The molecule has 2 N–H and O–H groups in total. The van der Waals surface area contributed by atoms with Crippen LogP contribution in [0.4, 0.5) is 0 Å². The average molecular weight is 241 g/mol. The Morgan fingerprint density at radius 1 is 1.62 bits per heavy atom. The van der Waals surface area contributed by atoms with Crippen LogP contribution in [0.5, 0.6) is 0 Å². The molecule has 0 saturated heterocycles. The topological polar surface area (TPSA) is 90.6 Å². The summed E-state index contributed by atoms with van der Waals surface area (Å²) >= 11 is 0.997. The number of esters is 1. The molecule has 86 valence electrons. The number of aliphatic hydroxyl groups is 2. The number of nitriles is 1. The van der Waals surface area contributed by atoms with Gasteiger partial charge in [0.25, 0.3) is 0 Å². The summed E-state index contributed by atoms with van der Waals surface area (Å²) in [5.41, 5.74) is 0. The first-order valence-electron chi connectivity index (χ1n) is 4.62. The normalized spacial score (nSPS) is 13.9. The molecule has 0 fully saturated rings. The second-order valence-corrected chi connectivity index (χ2v) is 4.06. The molecule has 0 spiro atoms. The minimum Gasteiger partial charge on any atom is -0.462 e.